The smallest absolute Gasteiger partial charge is 0.261 e. The Kier molecular flexibility index (Phi) is 3.84. The molecule has 0 atom stereocenters. The second kappa shape index (κ2) is 5.41. The molecule has 0 radical (unpaired) electrons. The van der Waals surface area contributed by atoms with Gasteiger partial charge in [-0.25, -0.2) is 8.42 Å². The number of nitriles is 1. The van der Waals surface area contributed by atoms with Crippen molar-refractivity contribution in [1.29, 1.82) is 5.26 Å². The summed E-state index contributed by atoms with van der Waals surface area (Å²) in [4.78, 5) is 0.0471. The van der Waals surface area contributed by atoms with E-state index in [1.54, 1.807) is 0 Å². The third-order valence-electron chi connectivity index (χ3n) is 2.55. The molecule has 102 valence electrons. The molecule has 0 heterocycles. The third kappa shape index (κ3) is 3.02. The first-order chi connectivity index (χ1) is 9.42. The Labute approximate surface area is 121 Å². The lowest BCUT2D eigenvalue weighted by atomic mass is 10.2. The Balaban J connectivity index is 2.33. The van der Waals surface area contributed by atoms with Crippen molar-refractivity contribution < 1.29 is 8.42 Å². The summed E-state index contributed by atoms with van der Waals surface area (Å²) in [5.41, 5.74) is 6.56. The standard InChI is InChI=1S/C13H10ClN3O2S/c14-10-3-6-13(12(16)7-10)17-20(18,19)11-4-1-9(8-15)2-5-11/h1-7,17H,16H2. The monoisotopic (exact) mass is 307 g/mol. The molecule has 0 aromatic heterocycles. The Hall–Kier alpha value is -2.23. The van der Waals surface area contributed by atoms with E-state index in [1.807, 2.05) is 6.07 Å². The molecule has 5 nitrogen and oxygen atoms in total. The summed E-state index contributed by atoms with van der Waals surface area (Å²) in [6.07, 6.45) is 0. The summed E-state index contributed by atoms with van der Waals surface area (Å²) in [6.45, 7) is 0. The molecule has 0 aliphatic rings. The van der Waals surface area contributed by atoms with Crippen LogP contribution in [-0.4, -0.2) is 8.42 Å². The maximum atomic E-state index is 12.2. The Morgan fingerprint density at radius 3 is 2.35 bits per heavy atom. The molecule has 2 aromatic rings. The zero-order valence-corrected chi connectivity index (χ0v) is 11.7. The van der Waals surface area contributed by atoms with Crippen LogP contribution in [0.15, 0.2) is 47.4 Å². The van der Waals surface area contributed by atoms with Crippen LogP contribution in [0.2, 0.25) is 5.02 Å². The number of nitrogen functional groups attached to an aromatic ring is 1. The number of nitrogens with two attached hydrogens (primary N) is 1. The highest BCUT2D eigenvalue weighted by atomic mass is 35.5. The number of sulfonamides is 1. The normalized spacial score (nSPS) is 10.8. The van der Waals surface area contributed by atoms with E-state index in [2.05, 4.69) is 4.72 Å². The molecule has 0 aliphatic carbocycles. The van der Waals surface area contributed by atoms with Crippen LogP contribution in [0, 0.1) is 11.3 Å². The van der Waals surface area contributed by atoms with E-state index in [4.69, 9.17) is 22.6 Å². The van der Waals surface area contributed by atoms with E-state index in [0.29, 0.717) is 10.6 Å². The van der Waals surface area contributed by atoms with Gasteiger partial charge in [0.05, 0.1) is 27.9 Å². The number of rotatable bonds is 3. The summed E-state index contributed by atoms with van der Waals surface area (Å²) in [5, 5.41) is 9.10. The van der Waals surface area contributed by atoms with E-state index in [-0.39, 0.29) is 16.3 Å². The molecular formula is C13H10ClN3O2S. The second-order valence-corrected chi connectivity index (χ2v) is 6.09. The van der Waals surface area contributed by atoms with Gasteiger partial charge in [-0.05, 0) is 42.5 Å². The lowest BCUT2D eigenvalue weighted by molar-refractivity contribution is 0.601. The molecule has 0 amide bonds. The minimum Gasteiger partial charge on any atom is -0.397 e. The average molecular weight is 308 g/mol. The van der Waals surface area contributed by atoms with Crippen molar-refractivity contribution in [2.24, 2.45) is 0 Å². The first-order valence-electron chi connectivity index (χ1n) is 5.50. The minimum absolute atomic E-state index is 0.0471. The molecule has 2 aromatic carbocycles. The van der Waals surface area contributed by atoms with Crippen molar-refractivity contribution in [3.8, 4) is 6.07 Å². The Morgan fingerprint density at radius 1 is 1.15 bits per heavy atom. The van der Waals surface area contributed by atoms with Gasteiger partial charge in [-0.15, -0.1) is 0 Å². The van der Waals surface area contributed by atoms with Gasteiger partial charge >= 0.3 is 0 Å². The quantitative estimate of drug-likeness (QED) is 0.852. The fourth-order valence-electron chi connectivity index (χ4n) is 1.54. The Morgan fingerprint density at radius 2 is 1.80 bits per heavy atom. The van der Waals surface area contributed by atoms with E-state index < -0.39 is 10.0 Å². The minimum atomic E-state index is -3.76. The van der Waals surface area contributed by atoms with E-state index in [0.717, 1.165) is 0 Å². The number of hydrogen-bond donors (Lipinski definition) is 2. The van der Waals surface area contributed by atoms with Crippen LogP contribution >= 0.6 is 11.6 Å². The fraction of sp³-hybridized carbons (Fsp3) is 0. The zero-order valence-electron chi connectivity index (χ0n) is 10.2. The molecule has 0 aliphatic heterocycles. The summed E-state index contributed by atoms with van der Waals surface area (Å²) >= 11 is 5.75. The highest BCUT2D eigenvalue weighted by molar-refractivity contribution is 7.92. The van der Waals surface area contributed by atoms with Crippen LogP contribution in [0.4, 0.5) is 11.4 Å². The van der Waals surface area contributed by atoms with Crippen molar-refractivity contribution in [3.63, 3.8) is 0 Å². The average Bonchev–Trinajstić information content (AvgIpc) is 2.42. The predicted molar refractivity (Wildman–Crippen MR) is 77.8 cm³/mol. The van der Waals surface area contributed by atoms with Crippen LogP contribution < -0.4 is 10.5 Å². The van der Waals surface area contributed by atoms with Crippen LogP contribution in [0.1, 0.15) is 5.56 Å². The van der Waals surface area contributed by atoms with E-state index in [9.17, 15) is 8.42 Å². The third-order valence-corrected chi connectivity index (χ3v) is 4.17. The van der Waals surface area contributed by atoms with Gasteiger partial charge in [-0.1, -0.05) is 11.6 Å². The predicted octanol–water partition coefficient (Wildman–Crippen LogP) is 2.59. The molecule has 0 fully saturated rings. The van der Waals surface area contributed by atoms with Crippen LogP contribution in [0.25, 0.3) is 0 Å². The molecule has 7 heteroatoms. The summed E-state index contributed by atoms with van der Waals surface area (Å²) < 4.78 is 26.7. The first kappa shape index (κ1) is 14.2. The second-order valence-electron chi connectivity index (χ2n) is 3.97. The number of halogens is 1. The van der Waals surface area contributed by atoms with Crippen LogP contribution in [0.5, 0.6) is 0 Å². The number of nitrogens with one attached hydrogen (secondary N) is 1. The maximum Gasteiger partial charge on any atom is 0.261 e. The highest BCUT2D eigenvalue weighted by Gasteiger charge is 2.15. The largest absolute Gasteiger partial charge is 0.397 e. The molecule has 0 saturated carbocycles. The topological polar surface area (TPSA) is 96.0 Å². The Bertz CT molecular complexity index is 780. The number of hydrogen-bond acceptors (Lipinski definition) is 4. The molecule has 3 N–H and O–H groups in total. The zero-order chi connectivity index (χ0) is 14.8. The number of anilines is 2. The summed E-state index contributed by atoms with van der Waals surface area (Å²) in [6, 6.07) is 12.0. The van der Waals surface area contributed by atoms with Gasteiger partial charge in [0.2, 0.25) is 0 Å². The molecule has 0 saturated heterocycles. The molecule has 2 rings (SSSR count). The molecular weight excluding hydrogens is 298 g/mol. The van der Waals surface area contributed by atoms with Crippen molar-refractivity contribution in [2.45, 2.75) is 4.90 Å². The van der Waals surface area contributed by atoms with Crippen molar-refractivity contribution in [1.82, 2.24) is 0 Å². The van der Waals surface area contributed by atoms with Gasteiger partial charge in [0.15, 0.2) is 0 Å². The molecule has 20 heavy (non-hydrogen) atoms. The number of benzene rings is 2. The van der Waals surface area contributed by atoms with Gasteiger partial charge in [0.1, 0.15) is 0 Å². The summed E-state index contributed by atoms with van der Waals surface area (Å²) in [7, 11) is -3.76. The summed E-state index contributed by atoms with van der Waals surface area (Å²) in [5.74, 6) is 0. The van der Waals surface area contributed by atoms with E-state index >= 15 is 0 Å². The maximum absolute atomic E-state index is 12.2. The van der Waals surface area contributed by atoms with Crippen LogP contribution in [-0.2, 0) is 10.0 Å². The van der Waals surface area contributed by atoms with Gasteiger partial charge in [0, 0.05) is 5.02 Å². The molecule has 0 spiro atoms. The number of nitrogens with zero attached hydrogens (tertiary/aromatic N) is 1. The highest BCUT2D eigenvalue weighted by Crippen LogP contribution is 2.25. The van der Waals surface area contributed by atoms with Crippen molar-refractivity contribution in [2.75, 3.05) is 10.5 Å². The molecule has 0 bridgehead atoms. The van der Waals surface area contributed by atoms with Gasteiger partial charge in [0.25, 0.3) is 10.0 Å². The first-order valence-corrected chi connectivity index (χ1v) is 7.36. The lowest BCUT2D eigenvalue weighted by Gasteiger charge is -2.10. The van der Waals surface area contributed by atoms with E-state index in [1.165, 1.54) is 42.5 Å². The van der Waals surface area contributed by atoms with Gasteiger partial charge in [-0.2, -0.15) is 5.26 Å². The van der Waals surface area contributed by atoms with Gasteiger partial charge in [-0.3, -0.25) is 4.72 Å². The van der Waals surface area contributed by atoms with Crippen molar-refractivity contribution >= 4 is 33.0 Å². The van der Waals surface area contributed by atoms with Crippen molar-refractivity contribution in [3.05, 3.63) is 53.1 Å². The molecule has 0 unspecified atom stereocenters. The fourth-order valence-corrected chi connectivity index (χ4v) is 2.81. The SMILES string of the molecule is N#Cc1ccc(S(=O)(=O)Nc2ccc(Cl)cc2N)cc1. The van der Waals surface area contributed by atoms with Gasteiger partial charge < -0.3 is 5.73 Å². The lowest BCUT2D eigenvalue weighted by Crippen LogP contribution is -2.14. The van der Waals surface area contributed by atoms with Crippen LogP contribution in [0.3, 0.4) is 0 Å².